The van der Waals surface area contributed by atoms with Crippen LogP contribution >= 0.6 is 11.6 Å². The fourth-order valence-electron chi connectivity index (χ4n) is 5.63. The molecule has 2 aliphatic carbocycles. The van der Waals surface area contributed by atoms with Crippen molar-refractivity contribution in [1.29, 1.82) is 0 Å². The summed E-state index contributed by atoms with van der Waals surface area (Å²) in [5.41, 5.74) is -2.17. The Kier molecular flexibility index (Phi) is 8.18. The lowest BCUT2D eigenvalue weighted by atomic mass is 9.71. The zero-order valence-corrected chi connectivity index (χ0v) is 22.2. The molecule has 0 radical (unpaired) electrons. The number of anilines is 1. The number of aliphatic hydroxyl groups is 2. The van der Waals surface area contributed by atoms with Crippen molar-refractivity contribution in [3.8, 4) is 0 Å². The van der Waals surface area contributed by atoms with E-state index in [0.29, 0.717) is 25.0 Å². The fourth-order valence-corrected chi connectivity index (χ4v) is 8.03. The Balaban J connectivity index is 1.54. The zero-order chi connectivity index (χ0) is 28.7. The zero-order valence-electron chi connectivity index (χ0n) is 20.6. The SMILES string of the molecule is COC(=O)NCC(O)C1(O)C2CC[C@H]1CC(S(=O)(=O)c1cc(C(=O)Nc3cc(F)c(F)c(F)c3)ccc1Cl)C2. The molecular weight excluding hydrogens is 565 g/mol. The topological polar surface area (TPSA) is 142 Å². The van der Waals surface area contributed by atoms with Gasteiger partial charge in [0.15, 0.2) is 27.3 Å². The largest absolute Gasteiger partial charge is 0.453 e. The molecule has 2 bridgehead atoms. The van der Waals surface area contributed by atoms with Gasteiger partial charge >= 0.3 is 6.09 Å². The minimum Gasteiger partial charge on any atom is -0.453 e. The summed E-state index contributed by atoms with van der Waals surface area (Å²) >= 11 is 6.21. The number of halogens is 4. The van der Waals surface area contributed by atoms with E-state index in [9.17, 15) is 41.4 Å². The third kappa shape index (κ3) is 5.45. The summed E-state index contributed by atoms with van der Waals surface area (Å²) < 4.78 is 72.0. The van der Waals surface area contributed by atoms with Crippen molar-refractivity contribution in [3.63, 3.8) is 0 Å². The maximum absolute atomic E-state index is 13.6. The maximum atomic E-state index is 13.6. The van der Waals surface area contributed by atoms with Gasteiger partial charge in [0.05, 0.1) is 27.9 Å². The molecular formula is C25H26ClF3N2O7S. The normalized spacial score (nSPS) is 25.2. The molecule has 14 heteroatoms. The highest BCUT2D eigenvalue weighted by Gasteiger charge is 2.59. The van der Waals surface area contributed by atoms with Crippen LogP contribution in [0.2, 0.25) is 5.02 Å². The molecule has 0 aliphatic heterocycles. The molecule has 212 valence electrons. The molecule has 4 N–H and O–H groups in total. The summed E-state index contributed by atoms with van der Waals surface area (Å²) in [6, 6.07) is 4.63. The molecule has 0 heterocycles. The van der Waals surface area contributed by atoms with Gasteiger partial charge in [-0.15, -0.1) is 0 Å². The lowest BCUT2D eigenvalue weighted by Crippen LogP contribution is -2.58. The van der Waals surface area contributed by atoms with E-state index in [2.05, 4.69) is 15.4 Å². The van der Waals surface area contributed by atoms with Gasteiger partial charge < -0.3 is 25.6 Å². The second-order valence-electron chi connectivity index (χ2n) is 9.74. The van der Waals surface area contributed by atoms with E-state index in [1.54, 1.807) is 0 Å². The van der Waals surface area contributed by atoms with Crippen molar-refractivity contribution in [2.75, 3.05) is 19.0 Å². The summed E-state index contributed by atoms with van der Waals surface area (Å²) in [6.45, 7) is -0.279. The Morgan fingerprint density at radius 2 is 1.72 bits per heavy atom. The predicted molar refractivity (Wildman–Crippen MR) is 134 cm³/mol. The Bertz CT molecular complexity index is 1370. The standard InChI is InChI=1S/C25H26ClF3N2O7S/c1-38-24(34)30-11-21(32)25(35)13-3-4-14(25)8-16(7-13)39(36,37)20-6-12(2-5-17(20)26)23(33)31-15-9-18(27)22(29)19(28)10-15/h2,5-6,9-10,13-14,16,21,32,35H,3-4,7-8,11H2,1H3,(H,30,34)(H,31,33)/t13-,14?,16?,21?,25?/m0/s1. The van der Waals surface area contributed by atoms with Gasteiger partial charge in [0, 0.05) is 29.9 Å². The van der Waals surface area contributed by atoms with Gasteiger partial charge in [0.25, 0.3) is 5.91 Å². The minimum atomic E-state index is -4.14. The van der Waals surface area contributed by atoms with Crippen LogP contribution in [-0.4, -0.2) is 61.2 Å². The highest BCUT2D eigenvalue weighted by molar-refractivity contribution is 7.92. The van der Waals surface area contributed by atoms with E-state index in [-0.39, 0.29) is 40.6 Å². The molecule has 0 spiro atoms. The summed E-state index contributed by atoms with van der Waals surface area (Å²) in [7, 11) is -2.98. The molecule has 39 heavy (non-hydrogen) atoms. The molecule has 0 aromatic heterocycles. The summed E-state index contributed by atoms with van der Waals surface area (Å²) in [4.78, 5) is 23.8. The molecule has 2 amide bonds. The van der Waals surface area contributed by atoms with Crippen LogP contribution in [-0.2, 0) is 14.6 Å². The van der Waals surface area contributed by atoms with Crippen molar-refractivity contribution in [1.82, 2.24) is 5.32 Å². The van der Waals surface area contributed by atoms with Crippen LogP contribution < -0.4 is 10.6 Å². The fraction of sp³-hybridized carbons (Fsp3) is 0.440. The first-order valence-corrected chi connectivity index (χ1v) is 13.9. The highest BCUT2D eigenvalue weighted by Crippen LogP contribution is 2.53. The predicted octanol–water partition coefficient (Wildman–Crippen LogP) is 3.42. The van der Waals surface area contributed by atoms with Gasteiger partial charge in [-0.05, 0) is 55.7 Å². The van der Waals surface area contributed by atoms with Gasteiger partial charge in [-0.2, -0.15) is 0 Å². The van der Waals surface area contributed by atoms with Gasteiger partial charge in [-0.3, -0.25) is 4.79 Å². The van der Waals surface area contributed by atoms with E-state index in [0.717, 1.165) is 13.2 Å². The number of ether oxygens (including phenoxy) is 1. The number of rotatable bonds is 7. The van der Waals surface area contributed by atoms with E-state index < -0.39 is 68.1 Å². The number of carbonyl (C=O) groups is 2. The Labute approximate surface area is 227 Å². The van der Waals surface area contributed by atoms with Gasteiger partial charge in [-0.1, -0.05) is 11.6 Å². The van der Waals surface area contributed by atoms with Crippen molar-refractivity contribution >= 4 is 39.1 Å². The smallest absolute Gasteiger partial charge is 0.406 e. The van der Waals surface area contributed by atoms with Crippen LogP contribution in [0.3, 0.4) is 0 Å². The van der Waals surface area contributed by atoms with Crippen molar-refractivity contribution < 1.29 is 46.1 Å². The second-order valence-corrected chi connectivity index (χ2v) is 12.3. The molecule has 9 nitrogen and oxygen atoms in total. The number of aliphatic hydroxyl groups excluding tert-OH is 1. The third-order valence-corrected chi connectivity index (χ3v) is 10.3. The molecule has 4 unspecified atom stereocenters. The number of fused-ring (bicyclic) bond motifs is 2. The van der Waals surface area contributed by atoms with E-state index in [1.807, 2.05) is 0 Å². The van der Waals surface area contributed by atoms with Crippen LogP contribution in [0.15, 0.2) is 35.2 Å². The van der Waals surface area contributed by atoms with Crippen LogP contribution in [0.25, 0.3) is 0 Å². The van der Waals surface area contributed by atoms with Gasteiger partial charge in [-0.25, -0.2) is 26.4 Å². The number of hydrogen-bond donors (Lipinski definition) is 4. The quantitative estimate of drug-likeness (QED) is 0.362. The first-order valence-electron chi connectivity index (χ1n) is 12.0. The van der Waals surface area contributed by atoms with E-state index in [1.165, 1.54) is 12.1 Å². The van der Waals surface area contributed by atoms with Crippen molar-refractivity contribution in [2.24, 2.45) is 11.8 Å². The van der Waals surface area contributed by atoms with Crippen LogP contribution in [0, 0.1) is 29.3 Å². The van der Waals surface area contributed by atoms with E-state index >= 15 is 0 Å². The number of carbonyl (C=O) groups excluding carboxylic acids is 2. The Morgan fingerprint density at radius 3 is 2.28 bits per heavy atom. The molecule has 4 rings (SSSR count). The minimum absolute atomic E-state index is 0.00546. The maximum Gasteiger partial charge on any atom is 0.406 e. The molecule has 0 saturated heterocycles. The number of sulfone groups is 1. The summed E-state index contributed by atoms with van der Waals surface area (Å²) in [5, 5.41) is 25.4. The average Bonchev–Trinajstić information content (AvgIpc) is 3.05. The summed E-state index contributed by atoms with van der Waals surface area (Å²) in [5.74, 6) is -6.80. The first-order chi connectivity index (χ1) is 18.3. The number of benzene rings is 2. The molecule has 2 aromatic carbocycles. The van der Waals surface area contributed by atoms with Gasteiger partial charge in [0.2, 0.25) is 0 Å². The molecule has 2 saturated carbocycles. The average molecular weight is 591 g/mol. The Morgan fingerprint density at radius 1 is 1.13 bits per heavy atom. The molecule has 5 atom stereocenters. The highest BCUT2D eigenvalue weighted by atomic mass is 35.5. The third-order valence-electron chi connectivity index (χ3n) is 7.61. The monoisotopic (exact) mass is 590 g/mol. The van der Waals surface area contributed by atoms with Crippen LogP contribution in [0.5, 0.6) is 0 Å². The van der Waals surface area contributed by atoms with Crippen molar-refractivity contribution in [2.45, 2.75) is 47.5 Å². The number of nitrogens with one attached hydrogen (secondary N) is 2. The second kappa shape index (κ2) is 11.0. The molecule has 2 aliphatic rings. The van der Waals surface area contributed by atoms with Gasteiger partial charge in [0.1, 0.15) is 6.10 Å². The number of alkyl carbamates (subject to hydrolysis) is 1. The molecule has 2 fully saturated rings. The molecule has 2 aromatic rings. The lowest BCUT2D eigenvalue weighted by molar-refractivity contribution is -0.139. The number of hydrogen-bond acceptors (Lipinski definition) is 7. The number of methoxy groups -OCH3 is 1. The first kappa shape index (κ1) is 29.1. The van der Waals surface area contributed by atoms with Crippen LogP contribution in [0.1, 0.15) is 36.0 Å². The van der Waals surface area contributed by atoms with Crippen LogP contribution in [0.4, 0.5) is 23.7 Å². The number of amides is 2. The van der Waals surface area contributed by atoms with E-state index in [4.69, 9.17) is 11.6 Å². The summed E-state index contributed by atoms with van der Waals surface area (Å²) in [6.07, 6.45) is -1.20. The Hall–Kier alpha value is -2.87. The lowest BCUT2D eigenvalue weighted by Gasteiger charge is -2.45. The van der Waals surface area contributed by atoms with Crippen molar-refractivity contribution in [3.05, 3.63) is 58.4 Å².